The minimum atomic E-state index is 0.297. The predicted octanol–water partition coefficient (Wildman–Crippen LogP) is 2.83. The third-order valence-corrected chi connectivity index (χ3v) is 2.17. The molecule has 2 rings (SSSR count). The Morgan fingerprint density at radius 2 is 2.31 bits per heavy atom. The summed E-state index contributed by atoms with van der Waals surface area (Å²) in [7, 11) is 0. The van der Waals surface area contributed by atoms with Gasteiger partial charge in [-0.05, 0) is 18.2 Å². The SMILES string of the molecule is O=CCc1cc2c(Cl)cccc2o1. The molecule has 0 radical (unpaired) electrons. The largest absolute Gasteiger partial charge is 0.461 e. The molecule has 0 spiro atoms. The molecule has 2 nitrogen and oxygen atoms in total. The second kappa shape index (κ2) is 3.23. The van der Waals surface area contributed by atoms with Gasteiger partial charge in [-0.3, -0.25) is 0 Å². The minimum absolute atomic E-state index is 0.297. The lowest BCUT2D eigenvalue weighted by molar-refractivity contribution is -0.107. The third kappa shape index (κ3) is 1.45. The van der Waals surface area contributed by atoms with Gasteiger partial charge in [-0.1, -0.05) is 17.7 Å². The van der Waals surface area contributed by atoms with Gasteiger partial charge >= 0.3 is 0 Å². The van der Waals surface area contributed by atoms with Gasteiger partial charge in [0.05, 0.1) is 11.4 Å². The molecular weight excluding hydrogens is 188 g/mol. The number of rotatable bonds is 2. The fourth-order valence-electron chi connectivity index (χ4n) is 1.26. The van der Waals surface area contributed by atoms with Gasteiger partial charge in [0, 0.05) is 5.39 Å². The predicted molar refractivity (Wildman–Crippen MR) is 51.0 cm³/mol. The maximum Gasteiger partial charge on any atom is 0.135 e. The Hall–Kier alpha value is -1.28. The summed E-state index contributed by atoms with van der Waals surface area (Å²) in [5.74, 6) is 0.651. The number of benzene rings is 1. The second-order valence-electron chi connectivity index (χ2n) is 2.74. The molecule has 1 aromatic carbocycles. The number of fused-ring (bicyclic) bond motifs is 1. The van der Waals surface area contributed by atoms with Crippen molar-refractivity contribution in [1.29, 1.82) is 0 Å². The first-order valence-corrected chi connectivity index (χ1v) is 4.29. The molecule has 0 amide bonds. The van der Waals surface area contributed by atoms with Crippen molar-refractivity contribution in [1.82, 2.24) is 0 Å². The minimum Gasteiger partial charge on any atom is -0.461 e. The zero-order valence-electron chi connectivity index (χ0n) is 6.79. The van der Waals surface area contributed by atoms with Crippen molar-refractivity contribution in [3.05, 3.63) is 35.0 Å². The molecule has 13 heavy (non-hydrogen) atoms. The first kappa shape index (κ1) is 8.32. The lowest BCUT2D eigenvalue weighted by atomic mass is 10.2. The monoisotopic (exact) mass is 194 g/mol. The molecule has 1 heterocycles. The van der Waals surface area contributed by atoms with Gasteiger partial charge in [0.15, 0.2) is 0 Å². The van der Waals surface area contributed by atoms with Gasteiger partial charge in [0.2, 0.25) is 0 Å². The molecule has 1 aromatic heterocycles. The highest BCUT2D eigenvalue weighted by Gasteiger charge is 2.05. The summed E-state index contributed by atoms with van der Waals surface area (Å²) in [5, 5.41) is 1.51. The molecule has 0 fully saturated rings. The highest BCUT2D eigenvalue weighted by molar-refractivity contribution is 6.35. The first-order valence-electron chi connectivity index (χ1n) is 3.92. The molecule has 2 aromatic rings. The van der Waals surface area contributed by atoms with Crippen molar-refractivity contribution in [2.24, 2.45) is 0 Å². The molecule has 0 atom stereocenters. The van der Waals surface area contributed by atoms with Crippen LogP contribution in [0.25, 0.3) is 11.0 Å². The molecule has 0 saturated carbocycles. The van der Waals surface area contributed by atoms with Crippen LogP contribution in [0.15, 0.2) is 28.7 Å². The average molecular weight is 195 g/mol. The van der Waals surface area contributed by atoms with Crippen molar-refractivity contribution in [3.63, 3.8) is 0 Å². The van der Waals surface area contributed by atoms with Crippen molar-refractivity contribution >= 4 is 28.9 Å². The standard InChI is InChI=1S/C10H7ClO2/c11-9-2-1-3-10-8(9)6-7(13-10)4-5-12/h1-3,5-6H,4H2. The van der Waals surface area contributed by atoms with E-state index in [4.69, 9.17) is 16.0 Å². The van der Waals surface area contributed by atoms with Crippen molar-refractivity contribution < 1.29 is 9.21 Å². The van der Waals surface area contributed by atoms with Crippen LogP contribution in [0, 0.1) is 0 Å². The van der Waals surface area contributed by atoms with Crippen LogP contribution >= 0.6 is 11.6 Å². The fraction of sp³-hybridized carbons (Fsp3) is 0.100. The highest BCUT2D eigenvalue weighted by atomic mass is 35.5. The van der Waals surface area contributed by atoms with E-state index in [2.05, 4.69) is 0 Å². The molecule has 0 bridgehead atoms. The number of halogens is 1. The van der Waals surface area contributed by atoms with E-state index in [9.17, 15) is 4.79 Å². The lowest BCUT2D eigenvalue weighted by Gasteiger charge is -1.88. The van der Waals surface area contributed by atoms with Crippen LogP contribution in [-0.4, -0.2) is 6.29 Å². The quantitative estimate of drug-likeness (QED) is 0.689. The van der Waals surface area contributed by atoms with Crippen LogP contribution in [-0.2, 0) is 11.2 Å². The zero-order valence-corrected chi connectivity index (χ0v) is 7.54. The number of aldehydes is 1. The Morgan fingerprint density at radius 3 is 3.00 bits per heavy atom. The first-order chi connectivity index (χ1) is 6.31. The third-order valence-electron chi connectivity index (χ3n) is 1.84. The van der Waals surface area contributed by atoms with Crippen LogP contribution < -0.4 is 0 Å². The van der Waals surface area contributed by atoms with Crippen LogP contribution in [0.2, 0.25) is 5.02 Å². The van der Waals surface area contributed by atoms with E-state index >= 15 is 0 Å². The molecule has 0 aliphatic rings. The normalized spacial score (nSPS) is 10.5. The topological polar surface area (TPSA) is 30.2 Å². The number of furan rings is 1. The Kier molecular flexibility index (Phi) is 2.07. The Morgan fingerprint density at radius 1 is 1.46 bits per heavy atom. The highest BCUT2D eigenvalue weighted by Crippen LogP contribution is 2.26. The smallest absolute Gasteiger partial charge is 0.135 e. The van der Waals surface area contributed by atoms with Crippen molar-refractivity contribution in [2.45, 2.75) is 6.42 Å². The van der Waals surface area contributed by atoms with Crippen LogP contribution in [0.3, 0.4) is 0 Å². The summed E-state index contributed by atoms with van der Waals surface area (Å²) in [4.78, 5) is 10.2. The lowest BCUT2D eigenvalue weighted by Crippen LogP contribution is -1.78. The van der Waals surface area contributed by atoms with E-state index in [1.165, 1.54) is 0 Å². The Balaban J connectivity index is 2.61. The van der Waals surface area contributed by atoms with E-state index < -0.39 is 0 Å². The Labute approximate surface area is 80.1 Å². The summed E-state index contributed by atoms with van der Waals surface area (Å²) in [6, 6.07) is 7.24. The van der Waals surface area contributed by atoms with Gasteiger partial charge < -0.3 is 9.21 Å². The van der Waals surface area contributed by atoms with Crippen LogP contribution in [0.4, 0.5) is 0 Å². The number of hydrogen-bond acceptors (Lipinski definition) is 2. The van der Waals surface area contributed by atoms with E-state index in [1.54, 1.807) is 12.1 Å². The molecule has 0 unspecified atom stereocenters. The summed E-state index contributed by atoms with van der Waals surface area (Å²) in [6.45, 7) is 0. The van der Waals surface area contributed by atoms with Crippen molar-refractivity contribution in [2.75, 3.05) is 0 Å². The molecular formula is C10H7ClO2. The van der Waals surface area contributed by atoms with Crippen LogP contribution in [0.5, 0.6) is 0 Å². The van der Waals surface area contributed by atoms with Crippen LogP contribution in [0.1, 0.15) is 5.76 Å². The Bertz CT molecular complexity index is 445. The van der Waals surface area contributed by atoms with Gasteiger partial charge in [-0.15, -0.1) is 0 Å². The number of carbonyl (C=O) groups excluding carboxylic acids is 1. The zero-order chi connectivity index (χ0) is 9.26. The maximum absolute atomic E-state index is 10.2. The van der Waals surface area contributed by atoms with Gasteiger partial charge in [-0.25, -0.2) is 0 Å². The van der Waals surface area contributed by atoms with Gasteiger partial charge in [0.1, 0.15) is 17.6 Å². The summed E-state index contributed by atoms with van der Waals surface area (Å²) < 4.78 is 5.37. The maximum atomic E-state index is 10.2. The fourth-order valence-corrected chi connectivity index (χ4v) is 1.48. The van der Waals surface area contributed by atoms with E-state index in [0.29, 0.717) is 17.2 Å². The second-order valence-corrected chi connectivity index (χ2v) is 3.14. The number of carbonyl (C=O) groups is 1. The van der Waals surface area contributed by atoms with E-state index in [1.807, 2.05) is 12.1 Å². The van der Waals surface area contributed by atoms with Gasteiger partial charge in [0.25, 0.3) is 0 Å². The summed E-state index contributed by atoms with van der Waals surface area (Å²) >= 11 is 5.92. The molecule has 3 heteroatoms. The number of hydrogen-bond donors (Lipinski definition) is 0. The van der Waals surface area contributed by atoms with E-state index in [0.717, 1.165) is 17.3 Å². The molecule has 0 aliphatic heterocycles. The van der Waals surface area contributed by atoms with Gasteiger partial charge in [-0.2, -0.15) is 0 Å². The van der Waals surface area contributed by atoms with E-state index in [-0.39, 0.29) is 0 Å². The summed E-state index contributed by atoms with van der Waals surface area (Å²) in [6.07, 6.45) is 1.11. The molecule has 0 N–H and O–H groups in total. The van der Waals surface area contributed by atoms with Crippen molar-refractivity contribution in [3.8, 4) is 0 Å². The average Bonchev–Trinajstić information content (AvgIpc) is 2.49. The molecule has 66 valence electrons. The molecule has 0 saturated heterocycles. The molecule has 0 aliphatic carbocycles. The summed E-state index contributed by atoms with van der Waals surface area (Å²) in [5.41, 5.74) is 0.726.